The second-order valence-electron chi connectivity index (χ2n) is 6.20. The molecule has 2 aromatic carbocycles. The number of halogens is 4. The van der Waals surface area contributed by atoms with Gasteiger partial charge in [-0.2, -0.15) is 0 Å². The van der Waals surface area contributed by atoms with E-state index < -0.39 is 29.5 Å². The zero-order chi connectivity index (χ0) is 20.1. The molecule has 0 spiro atoms. The molecule has 0 radical (unpaired) electrons. The SMILES string of the molecule is C[C@@H](CC(Cc1ccc(F)cc1Cl)C(=O)O)C(=O)Nc1c(Cl)cccc1Cl. The fourth-order valence-electron chi connectivity index (χ4n) is 2.62. The van der Waals surface area contributed by atoms with Crippen LogP contribution < -0.4 is 5.32 Å². The average Bonchev–Trinajstić information content (AvgIpc) is 2.59. The van der Waals surface area contributed by atoms with Crippen LogP contribution in [0.15, 0.2) is 36.4 Å². The van der Waals surface area contributed by atoms with Crippen LogP contribution in [0.4, 0.5) is 10.1 Å². The van der Waals surface area contributed by atoms with Crippen LogP contribution in [0.1, 0.15) is 18.9 Å². The molecule has 0 aliphatic heterocycles. The molecule has 144 valence electrons. The van der Waals surface area contributed by atoms with E-state index in [-0.39, 0.29) is 33.6 Å². The Morgan fingerprint density at radius 3 is 2.30 bits per heavy atom. The lowest BCUT2D eigenvalue weighted by Gasteiger charge is -2.19. The molecular weight excluding hydrogens is 416 g/mol. The molecule has 0 saturated heterocycles. The summed E-state index contributed by atoms with van der Waals surface area (Å²) in [5.74, 6) is -3.46. The average molecular weight is 433 g/mol. The third kappa shape index (κ3) is 5.83. The number of hydrogen-bond acceptors (Lipinski definition) is 2. The summed E-state index contributed by atoms with van der Waals surface area (Å²) in [5, 5.41) is 12.9. The van der Waals surface area contributed by atoms with Crippen molar-refractivity contribution in [2.75, 3.05) is 5.32 Å². The maximum absolute atomic E-state index is 13.2. The second kappa shape index (κ2) is 9.40. The first-order valence-electron chi connectivity index (χ1n) is 8.10. The first-order chi connectivity index (χ1) is 12.7. The minimum absolute atomic E-state index is 0.0664. The van der Waals surface area contributed by atoms with Crippen molar-refractivity contribution in [3.63, 3.8) is 0 Å². The highest BCUT2D eigenvalue weighted by atomic mass is 35.5. The molecule has 0 fully saturated rings. The molecular formula is C19H17Cl3FNO3. The van der Waals surface area contributed by atoms with Gasteiger partial charge in [0.05, 0.1) is 21.7 Å². The summed E-state index contributed by atoms with van der Waals surface area (Å²) in [7, 11) is 0. The van der Waals surface area contributed by atoms with Gasteiger partial charge in [0.25, 0.3) is 0 Å². The number of hydrogen-bond donors (Lipinski definition) is 2. The Kier molecular flexibility index (Phi) is 7.48. The summed E-state index contributed by atoms with van der Waals surface area (Å²) in [5.41, 5.74) is 0.790. The molecule has 0 aromatic heterocycles. The van der Waals surface area contributed by atoms with Crippen LogP contribution in [0.25, 0.3) is 0 Å². The van der Waals surface area contributed by atoms with E-state index in [2.05, 4.69) is 5.32 Å². The summed E-state index contributed by atoms with van der Waals surface area (Å²) in [6.45, 7) is 1.61. The maximum atomic E-state index is 13.2. The van der Waals surface area contributed by atoms with Gasteiger partial charge in [0.2, 0.25) is 5.91 Å². The van der Waals surface area contributed by atoms with Gasteiger partial charge >= 0.3 is 5.97 Å². The lowest BCUT2D eigenvalue weighted by molar-refractivity contribution is -0.142. The van der Waals surface area contributed by atoms with E-state index in [1.54, 1.807) is 25.1 Å². The Hall–Kier alpha value is -1.82. The highest BCUT2D eigenvalue weighted by molar-refractivity contribution is 6.39. The van der Waals surface area contributed by atoms with E-state index in [4.69, 9.17) is 34.8 Å². The fourth-order valence-corrected chi connectivity index (χ4v) is 3.36. The van der Waals surface area contributed by atoms with Gasteiger partial charge in [-0.25, -0.2) is 4.39 Å². The predicted molar refractivity (Wildman–Crippen MR) is 105 cm³/mol. The van der Waals surface area contributed by atoms with E-state index in [1.165, 1.54) is 12.1 Å². The normalized spacial score (nSPS) is 13.1. The molecule has 0 bridgehead atoms. The molecule has 2 atom stereocenters. The van der Waals surface area contributed by atoms with Crippen molar-refractivity contribution in [2.24, 2.45) is 11.8 Å². The summed E-state index contributed by atoms with van der Waals surface area (Å²) in [4.78, 5) is 24.1. The van der Waals surface area contributed by atoms with Crippen LogP contribution in [-0.2, 0) is 16.0 Å². The molecule has 0 aliphatic rings. The van der Waals surface area contributed by atoms with Crippen LogP contribution >= 0.6 is 34.8 Å². The number of nitrogens with one attached hydrogen (secondary N) is 1. The van der Waals surface area contributed by atoms with E-state index >= 15 is 0 Å². The summed E-state index contributed by atoms with van der Waals surface area (Å²) >= 11 is 18.0. The molecule has 1 unspecified atom stereocenters. The van der Waals surface area contributed by atoms with Gasteiger partial charge in [0, 0.05) is 10.9 Å². The van der Waals surface area contributed by atoms with Crippen molar-refractivity contribution < 1.29 is 19.1 Å². The molecule has 0 heterocycles. The largest absolute Gasteiger partial charge is 0.481 e. The number of anilines is 1. The molecule has 8 heteroatoms. The molecule has 2 aromatic rings. The number of carbonyl (C=O) groups is 2. The van der Waals surface area contributed by atoms with Crippen LogP contribution in [0, 0.1) is 17.7 Å². The minimum atomic E-state index is -1.06. The third-order valence-electron chi connectivity index (χ3n) is 4.13. The number of carboxylic acids is 1. The number of amides is 1. The number of carbonyl (C=O) groups excluding carboxylic acids is 1. The van der Waals surface area contributed by atoms with Gasteiger partial charge in [-0.05, 0) is 42.7 Å². The smallest absolute Gasteiger partial charge is 0.306 e. The predicted octanol–water partition coefficient (Wildman–Crippen LogP) is 5.69. The molecule has 0 saturated carbocycles. The summed E-state index contributed by atoms with van der Waals surface area (Å²) in [6, 6.07) is 8.62. The van der Waals surface area contributed by atoms with E-state index in [9.17, 15) is 19.1 Å². The molecule has 27 heavy (non-hydrogen) atoms. The topological polar surface area (TPSA) is 66.4 Å². The second-order valence-corrected chi connectivity index (χ2v) is 7.42. The van der Waals surface area contributed by atoms with Crippen molar-refractivity contribution in [1.29, 1.82) is 0 Å². The Balaban J connectivity index is 2.09. The zero-order valence-electron chi connectivity index (χ0n) is 14.3. The standard InChI is InChI=1S/C19H17Cl3FNO3/c1-10(18(25)24-17-14(20)3-2-4-15(17)21)7-12(19(26)27)8-11-5-6-13(23)9-16(11)22/h2-6,9-10,12H,7-8H2,1H3,(H,24,25)(H,26,27)/t10-,12?/m0/s1. The summed E-state index contributed by atoms with van der Waals surface area (Å²) < 4.78 is 13.2. The van der Waals surface area contributed by atoms with Gasteiger partial charge in [0.15, 0.2) is 0 Å². The Morgan fingerprint density at radius 2 is 1.74 bits per heavy atom. The van der Waals surface area contributed by atoms with E-state index in [1.807, 2.05) is 0 Å². The van der Waals surface area contributed by atoms with Crippen molar-refractivity contribution in [1.82, 2.24) is 0 Å². The van der Waals surface area contributed by atoms with Crippen LogP contribution in [0.3, 0.4) is 0 Å². The number of benzene rings is 2. The van der Waals surface area contributed by atoms with Gasteiger partial charge < -0.3 is 10.4 Å². The van der Waals surface area contributed by atoms with E-state index in [0.717, 1.165) is 6.07 Å². The van der Waals surface area contributed by atoms with Gasteiger partial charge in [-0.3, -0.25) is 9.59 Å². The number of para-hydroxylation sites is 1. The van der Waals surface area contributed by atoms with E-state index in [0.29, 0.717) is 5.56 Å². The van der Waals surface area contributed by atoms with Crippen LogP contribution in [0.2, 0.25) is 15.1 Å². The monoisotopic (exact) mass is 431 g/mol. The highest BCUT2D eigenvalue weighted by Gasteiger charge is 2.26. The van der Waals surface area contributed by atoms with Gasteiger partial charge in [-0.15, -0.1) is 0 Å². The zero-order valence-corrected chi connectivity index (χ0v) is 16.6. The molecule has 1 amide bonds. The first kappa shape index (κ1) is 21.5. The quantitative estimate of drug-likeness (QED) is 0.590. The Morgan fingerprint density at radius 1 is 1.11 bits per heavy atom. The molecule has 4 nitrogen and oxygen atoms in total. The van der Waals surface area contributed by atoms with Crippen molar-refractivity contribution in [2.45, 2.75) is 19.8 Å². The lowest BCUT2D eigenvalue weighted by Crippen LogP contribution is -2.27. The Bertz CT molecular complexity index is 840. The molecule has 2 N–H and O–H groups in total. The van der Waals surface area contributed by atoms with Gasteiger partial charge in [-0.1, -0.05) is 53.9 Å². The number of aliphatic carboxylic acids is 1. The lowest BCUT2D eigenvalue weighted by atomic mass is 9.89. The van der Waals surface area contributed by atoms with Crippen LogP contribution in [-0.4, -0.2) is 17.0 Å². The third-order valence-corrected chi connectivity index (χ3v) is 5.11. The highest BCUT2D eigenvalue weighted by Crippen LogP contribution is 2.31. The fraction of sp³-hybridized carbons (Fsp3) is 0.263. The molecule has 2 rings (SSSR count). The molecule has 0 aliphatic carbocycles. The Labute approximate surface area is 171 Å². The first-order valence-corrected chi connectivity index (χ1v) is 9.24. The summed E-state index contributed by atoms with van der Waals surface area (Å²) in [6.07, 6.45) is 0.149. The maximum Gasteiger partial charge on any atom is 0.306 e. The minimum Gasteiger partial charge on any atom is -0.481 e. The van der Waals surface area contributed by atoms with Crippen molar-refractivity contribution >= 4 is 52.4 Å². The van der Waals surface area contributed by atoms with Crippen LogP contribution in [0.5, 0.6) is 0 Å². The van der Waals surface area contributed by atoms with Gasteiger partial charge in [0.1, 0.15) is 5.82 Å². The van der Waals surface area contributed by atoms with Crippen molar-refractivity contribution in [3.05, 3.63) is 62.8 Å². The van der Waals surface area contributed by atoms with Crippen molar-refractivity contribution in [3.8, 4) is 0 Å². The number of rotatable bonds is 7. The number of carboxylic acid groups (broad SMARTS) is 1.